The minimum Gasteiger partial charge on any atom is -0.456 e. The van der Waals surface area contributed by atoms with E-state index >= 15 is 4.39 Å². The van der Waals surface area contributed by atoms with Crippen LogP contribution in [0.25, 0.3) is 10.9 Å². The number of esters is 1. The molecule has 4 aliphatic rings. The topological polar surface area (TPSA) is 149 Å². The second kappa shape index (κ2) is 17.5. The molecule has 2 aromatic rings. The van der Waals surface area contributed by atoms with Gasteiger partial charge in [-0.1, -0.05) is 64.7 Å². The van der Waals surface area contributed by atoms with Gasteiger partial charge in [-0.3, -0.25) is 19.7 Å². The summed E-state index contributed by atoms with van der Waals surface area (Å²) in [4.78, 5) is 54.1. The number of aliphatic imine (C=N–C) groups is 1. The lowest BCUT2D eigenvalue weighted by atomic mass is 9.73. The van der Waals surface area contributed by atoms with E-state index in [9.17, 15) is 19.5 Å². The molecule has 1 aromatic carbocycles. The zero-order valence-electron chi connectivity index (χ0n) is 34.4. The molecule has 5 heterocycles. The van der Waals surface area contributed by atoms with Gasteiger partial charge in [-0.05, 0) is 52.9 Å². The molecule has 2 bridgehead atoms. The van der Waals surface area contributed by atoms with E-state index in [1.54, 1.807) is 24.9 Å². The van der Waals surface area contributed by atoms with Gasteiger partial charge in [0.25, 0.3) is 6.17 Å². The molecule has 1 aromatic heterocycles. The molecule has 1 N–H and O–H groups in total. The van der Waals surface area contributed by atoms with Crippen molar-refractivity contribution in [3.63, 3.8) is 0 Å². The van der Waals surface area contributed by atoms with Crippen molar-refractivity contribution in [3.8, 4) is 11.8 Å². The summed E-state index contributed by atoms with van der Waals surface area (Å²) in [7, 11) is 3.71. The number of nitrogens with zero attached hydrogens (tertiary/aromatic N) is 4. The number of pyridine rings is 1. The summed E-state index contributed by atoms with van der Waals surface area (Å²) < 4.78 is 47.5. The van der Waals surface area contributed by atoms with E-state index in [0.717, 1.165) is 16.6 Å². The third-order valence-electron chi connectivity index (χ3n) is 12.4. The summed E-state index contributed by atoms with van der Waals surface area (Å²) in [5.41, 5.74) is 0.915. The first kappa shape index (κ1) is 42.6. The number of aliphatic hydroxyl groups excluding tert-OH is 1. The van der Waals surface area contributed by atoms with Gasteiger partial charge in [-0.15, -0.1) is 0 Å². The number of aliphatic hydroxyl groups is 1. The van der Waals surface area contributed by atoms with E-state index in [2.05, 4.69) is 16.8 Å². The van der Waals surface area contributed by atoms with Gasteiger partial charge < -0.3 is 33.7 Å². The number of benzene rings is 1. The highest BCUT2D eigenvalue weighted by molar-refractivity contribution is 6.03. The van der Waals surface area contributed by atoms with Crippen molar-refractivity contribution in [2.75, 3.05) is 33.8 Å². The number of hydrogen-bond acceptors (Lipinski definition) is 12. The van der Waals surface area contributed by atoms with E-state index in [0.29, 0.717) is 12.0 Å². The molecule has 13 nitrogen and oxygen atoms in total. The number of para-hydroxylation sites is 1. The summed E-state index contributed by atoms with van der Waals surface area (Å²) in [5.74, 6) is 1.04. The van der Waals surface area contributed by atoms with Crippen LogP contribution in [-0.4, -0.2) is 138 Å². The molecule has 2 unspecified atom stereocenters. The molecule has 1 amide bonds. The Bertz CT molecular complexity index is 1900. The molecule has 0 aliphatic carbocycles. The minimum absolute atomic E-state index is 0.0317. The number of ketones is 1. The Morgan fingerprint density at radius 3 is 2.53 bits per heavy atom. The van der Waals surface area contributed by atoms with Crippen LogP contribution >= 0.6 is 0 Å². The van der Waals surface area contributed by atoms with Gasteiger partial charge >= 0.3 is 12.1 Å². The molecule has 6 rings (SSSR count). The van der Waals surface area contributed by atoms with Crippen LogP contribution in [0.1, 0.15) is 66.9 Å². The van der Waals surface area contributed by atoms with Crippen molar-refractivity contribution >= 4 is 34.5 Å². The van der Waals surface area contributed by atoms with E-state index in [1.165, 1.54) is 6.92 Å². The van der Waals surface area contributed by atoms with Crippen LogP contribution in [-0.2, 0) is 33.3 Å². The molecule has 310 valence electrons. The van der Waals surface area contributed by atoms with Gasteiger partial charge in [-0.25, -0.2) is 14.0 Å². The maximum Gasteiger partial charge on any atom is 0.410 e. The average molecular weight is 793 g/mol. The fourth-order valence-electron chi connectivity index (χ4n) is 9.48. The van der Waals surface area contributed by atoms with E-state index in [-0.39, 0.29) is 38.3 Å². The highest BCUT2D eigenvalue weighted by atomic mass is 19.1. The first-order valence-electron chi connectivity index (χ1n) is 20.1. The number of hydrogen-bond donors (Lipinski definition) is 1. The number of ether oxygens (including phenoxy) is 5. The smallest absolute Gasteiger partial charge is 0.410 e. The van der Waals surface area contributed by atoms with Crippen molar-refractivity contribution in [1.29, 1.82) is 0 Å². The minimum atomic E-state index is -2.67. The molecule has 0 radical (unpaired) electrons. The van der Waals surface area contributed by atoms with E-state index < -0.39 is 90.0 Å². The van der Waals surface area contributed by atoms with E-state index in [1.807, 2.05) is 77.0 Å². The third-order valence-corrected chi connectivity index (χ3v) is 12.4. The Hall–Kier alpha value is -4.00. The van der Waals surface area contributed by atoms with Crippen molar-refractivity contribution in [2.45, 2.75) is 122 Å². The van der Waals surface area contributed by atoms with Crippen LogP contribution in [0.2, 0.25) is 0 Å². The fourth-order valence-corrected chi connectivity index (χ4v) is 9.48. The monoisotopic (exact) mass is 792 g/mol. The summed E-state index contributed by atoms with van der Waals surface area (Å²) in [5, 5.41) is 12.5. The molecular weight excluding hydrogens is 735 g/mol. The van der Waals surface area contributed by atoms with Crippen molar-refractivity contribution in [2.24, 2.45) is 28.7 Å². The lowest BCUT2D eigenvalue weighted by Gasteiger charge is -2.45. The second-order valence-corrected chi connectivity index (χ2v) is 16.5. The van der Waals surface area contributed by atoms with Crippen LogP contribution in [0.15, 0.2) is 41.5 Å². The highest BCUT2D eigenvalue weighted by Crippen LogP contribution is 2.43. The standard InChI is InChI=1S/C43H57FN4O9/c1-10-32-43(7)39-25(4)34(45-17-18-48(39)42(52)57-43)24(3)37(53-19-13-14-28-21-29-15-11-12-16-30(29)46-22-28)27(6)38(26(5)35(49)33(44)40(51)55-32)56-41-36(50)31(47(8)9)20-23(2)54-41/h11-12,15-16,21-27,31-33,36-39,41,50H,10,17-20H2,1-9H3/t23-,24+,25-,26+,27-,31+,32+,33?,36-,37+,38-,39?,41+,43-/m1/s1. The number of likely N-dealkylation sites (N-methyl/N-ethyl adjacent to an activating group) is 1. The number of carbonyl (C=O) groups excluding carboxylic acids is 3. The third kappa shape index (κ3) is 8.45. The SMILES string of the molecule is CC[C@@H]1OC(=O)C(F)C(=O)[C@H](C)[C@@H](O[C@@H]2O[C@H](C)C[C@H](N(C)C)[C@H]2O)[C@H](C)[C@@H](OCC#Cc2cnc3ccccc3c2)[C@@H](C)C2=NCCN3C(=O)O[C@@]1(C)C3[C@@H]2C. The van der Waals surface area contributed by atoms with Gasteiger partial charge in [0, 0.05) is 59.1 Å². The number of alkyl halides is 1. The lowest BCUT2D eigenvalue weighted by molar-refractivity contribution is -0.281. The molecule has 57 heavy (non-hydrogen) atoms. The summed E-state index contributed by atoms with van der Waals surface area (Å²) in [6, 6.07) is 8.74. The highest BCUT2D eigenvalue weighted by Gasteiger charge is 2.60. The van der Waals surface area contributed by atoms with Gasteiger partial charge in [0.1, 0.15) is 18.8 Å². The maximum atomic E-state index is 16.2. The van der Waals surface area contributed by atoms with Gasteiger partial charge in [0.05, 0.1) is 36.4 Å². The second-order valence-electron chi connectivity index (χ2n) is 16.5. The van der Waals surface area contributed by atoms with Gasteiger partial charge in [-0.2, -0.15) is 0 Å². The Kier molecular flexibility index (Phi) is 13.1. The Balaban J connectivity index is 1.42. The van der Waals surface area contributed by atoms with Crippen LogP contribution < -0.4 is 0 Å². The van der Waals surface area contributed by atoms with E-state index in [4.69, 9.17) is 28.7 Å². The summed E-state index contributed by atoms with van der Waals surface area (Å²) in [6.07, 6.45) is -6.35. The summed E-state index contributed by atoms with van der Waals surface area (Å²) in [6.45, 7) is 13.1. The molecule has 3 fully saturated rings. The van der Waals surface area contributed by atoms with Crippen molar-refractivity contribution in [3.05, 3.63) is 42.1 Å². The van der Waals surface area contributed by atoms with Gasteiger partial charge in [0.2, 0.25) is 0 Å². The average Bonchev–Trinajstić information content (AvgIpc) is 3.31. The number of rotatable bonds is 6. The fraction of sp³-hybridized carbons (Fsp3) is 0.651. The molecule has 3 saturated heterocycles. The van der Waals surface area contributed by atoms with Gasteiger partial charge in [0.15, 0.2) is 17.7 Å². The lowest BCUT2D eigenvalue weighted by Crippen LogP contribution is -2.59. The number of carbonyl (C=O) groups is 3. The van der Waals surface area contributed by atoms with Crippen LogP contribution in [0.5, 0.6) is 0 Å². The van der Waals surface area contributed by atoms with Crippen LogP contribution in [0.4, 0.5) is 9.18 Å². The predicted molar refractivity (Wildman–Crippen MR) is 210 cm³/mol. The molecule has 14 atom stereocenters. The normalized spacial score (nSPS) is 37.8. The predicted octanol–water partition coefficient (Wildman–Crippen LogP) is 4.60. The molecule has 0 saturated carbocycles. The Labute approximate surface area is 334 Å². The van der Waals surface area contributed by atoms with Crippen molar-refractivity contribution < 1.29 is 47.6 Å². The summed E-state index contributed by atoms with van der Waals surface area (Å²) >= 11 is 0. The number of amides is 1. The Morgan fingerprint density at radius 1 is 1.07 bits per heavy atom. The number of aromatic nitrogens is 1. The molecule has 14 heteroatoms. The Morgan fingerprint density at radius 2 is 1.81 bits per heavy atom. The number of cyclic esters (lactones) is 1. The molecule has 0 spiro atoms. The largest absolute Gasteiger partial charge is 0.456 e. The zero-order chi connectivity index (χ0) is 41.3. The number of halogens is 1. The van der Waals surface area contributed by atoms with Crippen LogP contribution in [0.3, 0.4) is 0 Å². The van der Waals surface area contributed by atoms with Crippen LogP contribution in [0, 0.1) is 35.5 Å². The van der Waals surface area contributed by atoms with Crippen molar-refractivity contribution in [1.82, 2.24) is 14.8 Å². The first-order valence-corrected chi connectivity index (χ1v) is 20.1. The first-order chi connectivity index (χ1) is 27.1. The zero-order valence-corrected chi connectivity index (χ0v) is 34.4. The molecular formula is C43H57FN4O9. The maximum absolute atomic E-state index is 16.2. The molecule has 4 aliphatic heterocycles. The quantitative estimate of drug-likeness (QED) is 0.249. The number of Topliss-reactive ketones (excluding diaryl/α,β-unsaturated/α-hetero) is 1. The number of fused-ring (bicyclic) bond motifs is 2.